The minimum atomic E-state index is -3.32. The highest BCUT2D eigenvalue weighted by molar-refractivity contribution is 7.89. The summed E-state index contributed by atoms with van der Waals surface area (Å²) in [5.74, 6) is 0.0997. The van der Waals surface area contributed by atoms with E-state index in [1.807, 2.05) is 32.9 Å². The van der Waals surface area contributed by atoms with Gasteiger partial charge in [0.2, 0.25) is 10.0 Å². The first-order valence-electron chi connectivity index (χ1n) is 11.8. The zero-order chi connectivity index (χ0) is 24.8. The molecular weight excluding hydrogens is 456 g/mol. The van der Waals surface area contributed by atoms with E-state index in [2.05, 4.69) is 15.7 Å². The van der Waals surface area contributed by atoms with Crippen LogP contribution in [0.25, 0.3) is 0 Å². The molecule has 0 aromatic heterocycles. The molecule has 10 heteroatoms. The number of nitriles is 1. The molecule has 2 heterocycles. The van der Waals surface area contributed by atoms with Gasteiger partial charge in [-0.1, -0.05) is 12.1 Å². The summed E-state index contributed by atoms with van der Waals surface area (Å²) >= 11 is 0. The molecule has 1 N–H and O–H groups in total. The third-order valence-electron chi connectivity index (χ3n) is 5.77. The number of carbonyl (C=O) groups is 1. The molecule has 2 aliphatic rings. The van der Waals surface area contributed by atoms with Crippen LogP contribution in [0.3, 0.4) is 0 Å². The topological polar surface area (TPSA) is 112 Å². The van der Waals surface area contributed by atoms with Crippen LogP contribution in [0.4, 0.5) is 4.79 Å². The second kappa shape index (κ2) is 11.5. The van der Waals surface area contributed by atoms with E-state index in [0.717, 1.165) is 18.4 Å². The average Bonchev–Trinajstić information content (AvgIpc) is 2.75. The lowest BCUT2D eigenvalue weighted by molar-refractivity contribution is -0.135. The SMILES string of the molecule is CC(C)(C)OC(=O)N1CC2CN(CCNS(=O)(=O)CCCCc3ccc(C#N)cc3)CC(C1)O2. The van der Waals surface area contributed by atoms with Crippen LogP contribution in [-0.4, -0.2) is 87.1 Å². The fourth-order valence-electron chi connectivity index (χ4n) is 4.23. The van der Waals surface area contributed by atoms with E-state index in [4.69, 9.17) is 14.7 Å². The number of nitrogens with zero attached hydrogens (tertiary/aromatic N) is 3. The number of hydrogen-bond acceptors (Lipinski definition) is 7. The smallest absolute Gasteiger partial charge is 0.410 e. The number of morpholine rings is 2. The highest BCUT2D eigenvalue weighted by atomic mass is 32.2. The molecule has 2 aliphatic heterocycles. The van der Waals surface area contributed by atoms with E-state index in [-0.39, 0.29) is 24.1 Å². The van der Waals surface area contributed by atoms with Gasteiger partial charge in [-0.2, -0.15) is 5.26 Å². The summed E-state index contributed by atoms with van der Waals surface area (Å²) in [5.41, 5.74) is 1.20. The van der Waals surface area contributed by atoms with Crippen molar-refractivity contribution in [1.82, 2.24) is 14.5 Å². The van der Waals surface area contributed by atoms with Gasteiger partial charge >= 0.3 is 6.09 Å². The highest BCUT2D eigenvalue weighted by Gasteiger charge is 2.38. The molecule has 1 aromatic carbocycles. The van der Waals surface area contributed by atoms with E-state index in [1.54, 1.807) is 17.0 Å². The van der Waals surface area contributed by atoms with Crippen LogP contribution in [0.2, 0.25) is 0 Å². The summed E-state index contributed by atoms with van der Waals surface area (Å²) in [5, 5.41) is 8.84. The van der Waals surface area contributed by atoms with Gasteiger partial charge < -0.3 is 14.4 Å². The van der Waals surface area contributed by atoms with Crippen molar-refractivity contribution in [2.75, 3.05) is 45.0 Å². The number of amides is 1. The third kappa shape index (κ3) is 8.55. The Labute approximate surface area is 203 Å². The Kier molecular flexibility index (Phi) is 8.93. The van der Waals surface area contributed by atoms with Crippen molar-refractivity contribution >= 4 is 16.1 Å². The molecule has 0 aliphatic carbocycles. The van der Waals surface area contributed by atoms with Crippen molar-refractivity contribution in [3.8, 4) is 6.07 Å². The van der Waals surface area contributed by atoms with Crippen LogP contribution in [0.15, 0.2) is 24.3 Å². The van der Waals surface area contributed by atoms with Crippen molar-refractivity contribution in [2.24, 2.45) is 0 Å². The number of fused-ring (bicyclic) bond motifs is 2. The normalized spacial score (nSPS) is 21.2. The van der Waals surface area contributed by atoms with E-state index in [1.165, 1.54) is 0 Å². The van der Waals surface area contributed by atoms with E-state index in [9.17, 15) is 13.2 Å². The van der Waals surface area contributed by atoms with Gasteiger partial charge in [-0.25, -0.2) is 17.9 Å². The van der Waals surface area contributed by atoms with E-state index in [0.29, 0.717) is 51.3 Å². The number of sulfonamides is 1. The summed E-state index contributed by atoms with van der Waals surface area (Å²) in [6.07, 6.45) is 1.63. The Balaban J connectivity index is 1.33. The number of unbranched alkanes of at least 4 members (excludes halogenated alkanes) is 1. The molecule has 2 atom stereocenters. The van der Waals surface area contributed by atoms with Crippen LogP contribution in [0, 0.1) is 11.3 Å². The van der Waals surface area contributed by atoms with Gasteiger partial charge in [0.25, 0.3) is 0 Å². The summed E-state index contributed by atoms with van der Waals surface area (Å²) < 4.78 is 38.9. The van der Waals surface area contributed by atoms with Crippen molar-refractivity contribution in [3.63, 3.8) is 0 Å². The lowest BCUT2D eigenvalue weighted by atomic mass is 10.1. The molecule has 2 unspecified atom stereocenters. The van der Waals surface area contributed by atoms with Gasteiger partial charge in [0.15, 0.2) is 0 Å². The second-order valence-corrected chi connectivity index (χ2v) is 11.9. The zero-order valence-corrected chi connectivity index (χ0v) is 21.1. The molecule has 2 bridgehead atoms. The fourth-order valence-corrected chi connectivity index (χ4v) is 5.36. The Morgan fingerprint density at radius 3 is 2.38 bits per heavy atom. The Bertz CT molecular complexity index is 955. The lowest BCUT2D eigenvalue weighted by Crippen LogP contribution is -2.61. The number of benzene rings is 1. The quantitative estimate of drug-likeness (QED) is 0.526. The van der Waals surface area contributed by atoms with Crippen LogP contribution in [-0.2, 0) is 25.9 Å². The zero-order valence-electron chi connectivity index (χ0n) is 20.3. The summed E-state index contributed by atoms with van der Waals surface area (Å²) in [4.78, 5) is 16.3. The van der Waals surface area contributed by atoms with Gasteiger partial charge in [0.1, 0.15) is 5.60 Å². The van der Waals surface area contributed by atoms with Gasteiger partial charge in [0, 0.05) is 26.2 Å². The third-order valence-corrected chi connectivity index (χ3v) is 7.24. The summed E-state index contributed by atoms with van der Waals surface area (Å²) in [6.45, 7) is 8.78. The van der Waals surface area contributed by atoms with Crippen LogP contribution < -0.4 is 4.72 Å². The fraction of sp³-hybridized carbons (Fsp3) is 0.667. The van der Waals surface area contributed by atoms with Gasteiger partial charge in [-0.15, -0.1) is 0 Å². The minimum Gasteiger partial charge on any atom is -0.444 e. The molecule has 188 valence electrons. The minimum absolute atomic E-state index is 0.0983. The number of carbonyl (C=O) groups excluding carboxylic acids is 1. The predicted molar refractivity (Wildman–Crippen MR) is 129 cm³/mol. The number of aryl methyl sites for hydroxylation is 1. The maximum atomic E-state index is 12.4. The Morgan fingerprint density at radius 2 is 1.79 bits per heavy atom. The molecule has 0 radical (unpaired) electrons. The standard InChI is InChI=1S/C24H36N4O5S/c1-24(2,3)33-23(29)28-17-21-15-27(16-22(18-28)32-21)12-11-26-34(30,31)13-5-4-6-19-7-9-20(14-25)10-8-19/h7-10,21-22,26H,4-6,11-13,15-18H2,1-3H3. The van der Waals surface area contributed by atoms with Gasteiger partial charge in [0.05, 0.1) is 42.7 Å². The van der Waals surface area contributed by atoms with E-state index < -0.39 is 15.6 Å². The molecule has 0 spiro atoms. The second-order valence-electron chi connectivity index (χ2n) is 10.0. The molecule has 34 heavy (non-hydrogen) atoms. The van der Waals surface area contributed by atoms with Crippen molar-refractivity contribution in [1.29, 1.82) is 5.26 Å². The number of hydrogen-bond donors (Lipinski definition) is 1. The number of rotatable bonds is 9. The molecule has 3 rings (SSSR count). The molecule has 2 fully saturated rings. The first-order chi connectivity index (χ1) is 16.0. The lowest BCUT2D eigenvalue weighted by Gasteiger charge is -2.45. The van der Waals surface area contributed by atoms with Gasteiger partial charge in [-0.05, 0) is 57.7 Å². The maximum Gasteiger partial charge on any atom is 0.410 e. The highest BCUT2D eigenvalue weighted by Crippen LogP contribution is 2.21. The van der Waals surface area contributed by atoms with Crippen molar-refractivity contribution in [3.05, 3.63) is 35.4 Å². The molecule has 0 saturated carbocycles. The average molecular weight is 493 g/mol. The first kappa shape index (κ1) is 26.4. The van der Waals surface area contributed by atoms with Crippen LogP contribution in [0.1, 0.15) is 44.7 Å². The van der Waals surface area contributed by atoms with Gasteiger partial charge in [-0.3, -0.25) is 4.90 Å². The van der Waals surface area contributed by atoms with Crippen LogP contribution in [0.5, 0.6) is 0 Å². The largest absolute Gasteiger partial charge is 0.444 e. The Hall–Kier alpha value is -2.19. The predicted octanol–water partition coefficient (Wildman–Crippen LogP) is 2.12. The van der Waals surface area contributed by atoms with Crippen LogP contribution >= 0.6 is 0 Å². The summed E-state index contributed by atoms with van der Waals surface area (Å²) in [6, 6.07) is 9.48. The molecule has 9 nitrogen and oxygen atoms in total. The number of ether oxygens (including phenoxy) is 2. The monoisotopic (exact) mass is 492 g/mol. The number of nitrogens with one attached hydrogen (secondary N) is 1. The maximum absolute atomic E-state index is 12.4. The molecule has 2 saturated heterocycles. The van der Waals surface area contributed by atoms with Crippen molar-refractivity contribution < 1.29 is 22.7 Å². The molecule has 1 amide bonds. The van der Waals surface area contributed by atoms with Crippen molar-refractivity contribution in [2.45, 2.75) is 57.8 Å². The van der Waals surface area contributed by atoms with E-state index >= 15 is 0 Å². The Morgan fingerprint density at radius 1 is 1.15 bits per heavy atom. The first-order valence-corrected chi connectivity index (χ1v) is 13.5. The molecular formula is C24H36N4O5S. The summed E-state index contributed by atoms with van der Waals surface area (Å²) in [7, 11) is -3.32. The molecule has 1 aromatic rings.